The smallest absolute Gasteiger partial charge is 0.137 e. The van der Waals surface area contributed by atoms with Crippen molar-refractivity contribution in [2.75, 3.05) is 21.3 Å². The first-order chi connectivity index (χ1) is 9.69. The average molecular weight is 337 g/mol. The molecule has 0 aliphatic carbocycles. The molecule has 1 N–H and O–H groups in total. The molecule has 0 aliphatic rings. The molecule has 0 saturated carbocycles. The summed E-state index contributed by atoms with van der Waals surface area (Å²) in [7, 11) is 5.21. The number of rotatable bonds is 5. The number of aromatic nitrogens is 1. The molecule has 1 aromatic heterocycles. The van der Waals surface area contributed by atoms with Gasteiger partial charge in [0, 0.05) is 10.7 Å². The molecule has 106 valence electrons. The number of pyridine rings is 1. The number of nitrogens with zero attached hydrogens (tertiary/aromatic N) is 1. The number of hydrogen-bond acceptors (Lipinski definition) is 4. The van der Waals surface area contributed by atoms with E-state index in [1.54, 1.807) is 20.4 Å². The number of methoxy groups -OCH3 is 2. The largest absolute Gasteiger partial charge is 0.497 e. The molecule has 4 nitrogen and oxygen atoms in total. The van der Waals surface area contributed by atoms with E-state index in [4.69, 9.17) is 9.47 Å². The van der Waals surface area contributed by atoms with E-state index in [1.807, 2.05) is 37.5 Å². The Morgan fingerprint density at radius 3 is 2.50 bits per heavy atom. The number of halogens is 1. The second-order valence-electron chi connectivity index (χ2n) is 4.27. The Morgan fingerprint density at radius 1 is 1.10 bits per heavy atom. The fourth-order valence-electron chi connectivity index (χ4n) is 2.08. The zero-order valence-corrected chi connectivity index (χ0v) is 13.3. The van der Waals surface area contributed by atoms with Crippen LogP contribution in [0.3, 0.4) is 0 Å². The van der Waals surface area contributed by atoms with Crippen LogP contribution in [-0.4, -0.2) is 26.3 Å². The monoisotopic (exact) mass is 336 g/mol. The van der Waals surface area contributed by atoms with Crippen LogP contribution >= 0.6 is 15.9 Å². The molecule has 1 heterocycles. The second kappa shape index (κ2) is 6.72. The summed E-state index contributed by atoms with van der Waals surface area (Å²) in [5.74, 6) is 1.56. The molecule has 20 heavy (non-hydrogen) atoms. The van der Waals surface area contributed by atoms with Gasteiger partial charge in [-0.2, -0.15) is 0 Å². The Hall–Kier alpha value is -1.59. The van der Waals surface area contributed by atoms with E-state index in [9.17, 15) is 0 Å². The van der Waals surface area contributed by atoms with Gasteiger partial charge in [-0.1, -0.05) is 15.9 Å². The first kappa shape index (κ1) is 14.8. The summed E-state index contributed by atoms with van der Waals surface area (Å²) in [5.41, 5.74) is 2.11. The van der Waals surface area contributed by atoms with Crippen molar-refractivity contribution < 1.29 is 9.47 Å². The van der Waals surface area contributed by atoms with Gasteiger partial charge in [0.05, 0.1) is 26.5 Å². The van der Waals surface area contributed by atoms with Gasteiger partial charge in [-0.15, -0.1) is 0 Å². The predicted molar refractivity (Wildman–Crippen MR) is 82.4 cm³/mol. The normalized spacial score (nSPS) is 12.0. The van der Waals surface area contributed by atoms with Gasteiger partial charge in [0.2, 0.25) is 0 Å². The Labute approximate surface area is 127 Å². The van der Waals surface area contributed by atoms with Gasteiger partial charge in [-0.3, -0.25) is 4.98 Å². The first-order valence-electron chi connectivity index (χ1n) is 6.19. The van der Waals surface area contributed by atoms with Crippen LogP contribution in [0.5, 0.6) is 11.5 Å². The molecule has 1 aromatic carbocycles. The van der Waals surface area contributed by atoms with E-state index >= 15 is 0 Å². The SMILES string of the molecule is CNC(c1cncc(OC)c1)c1cc(OC)ccc1Br. The first-order valence-corrected chi connectivity index (χ1v) is 6.98. The molecular formula is C15H17BrN2O2. The lowest BCUT2D eigenvalue weighted by atomic mass is 10.00. The van der Waals surface area contributed by atoms with Crippen molar-refractivity contribution in [2.24, 2.45) is 0 Å². The molecule has 0 amide bonds. The fourth-order valence-corrected chi connectivity index (χ4v) is 2.55. The molecule has 2 rings (SSSR count). The zero-order valence-electron chi connectivity index (χ0n) is 11.7. The van der Waals surface area contributed by atoms with Crippen molar-refractivity contribution in [2.45, 2.75) is 6.04 Å². The van der Waals surface area contributed by atoms with E-state index in [0.29, 0.717) is 0 Å². The molecule has 0 fully saturated rings. The fraction of sp³-hybridized carbons (Fsp3) is 0.267. The standard InChI is InChI=1S/C15H17BrN2O2/c1-17-15(10-6-12(20-3)9-18-8-10)13-7-11(19-2)4-5-14(13)16/h4-9,15,17H,1-3H3. The van der Waals surface area contributed by atoms with Crippen molar-refractivity contribution in [3.8, 4) is 11.5 Å². The maximum Gasteiger partial charge on any atom is 0.137 e. The highest BCUT2D eigenvalue weighted by atomic mass is 79.9. The molecule has 0 bridgehead atoms. The maximum absolute atomic E-state index is 5.30. The number of ether oxygens (including phenoxy) is 2. The summed E-state index contributed by atoms with van der Waals surface area (Å²) in [5, 5.41) is 3.30. The quantitative estimate of drug-likeness (QED) is 0.910. The van der Waals surface area contributed by atoms with Gasteiger partial charge < -0.3 is 14.8 Å². The maximum atomic E-state index is 5.30. The minimum atomic E-state index is 0.00192. The van der Waals surface area contributed by atoms with Gasteiger partial charge in [0.25, 0.3) is 0 Å². The van der Waals surface area contributed by atoms with Gasteiger partial charge in [-0.05, 0) is 42.4 Å². The zero-order chi connectivity index (χ0) is 14.5. The highest BCUT2D eigenvalue weighted by Gasteiger charge is 2.17. The summed E-state index contributed by atoms with van der Waals surface area (Å²) < 4.78 is 11.5. The van der Waals surface area contributed by atoms with E-state index < -0.39 is 0 Å². The molecule has 0 saturated heterocycles. The Morgan fingerprint density at radius 2 is 1.85 bits per heavy atom. The van der Waals surface area contributed by atoms with Crippen LogP contribution < -0.4 is 14.8 Å². The van der Waals surface area contributed by atoms with Crippen molar-refractivity contribution in [1.82, 2.24) is 10.3 Å². The average Bonchev–Trinajstić information content (AvgIpc) is 2.50. The van der Waals surface area contributed by atoms with Gasteiger partial charge in [0.15, 0.2) is 0 Å². The third-order valence-electron chi connectivity index (χ3n) is 3.11. The lowest BCUT2D eigenvalue weighted by Crippen LogP contribution is -2.18. The van der Waals surface area contributed by atoms with Crippen LogP contribution in [0.4, 0.5) is 0 Å². The Kier molecular flexibility index (Phi) is 4.98. The summed E-state index contributed by atoms with van der Waals surface area (Å²) >= 11 is 3.59. The van der Waals surface area contributed by atoms with Crippen molar-refractivity contribution >= 4 is 15.9 Å². The molecule has 1 atom stereocenters. The van der Waals surface area contributed by atoms with E-state index in [1.165, 1.54) is 0 Å². The van der Waals surface area contributed by atoms with Gasteiger partial charge >= 0.3 is 0 Å². The molecule has 2 aromatic rings. The summed E-state index contributed by atoms with van der Waals surface area (Å²) in [6, 6.07) is 7.88. The molecular weight excluding hydrogens is 320 g/mol. The van der Waals surface area contributed by atoms with Crippen LogP contribution in [0, 0.1) is 0 Å². The van der Waals surface area contributed by atoms with Crippen LogP contribution in [0.15, 0.2) is 41.1 Å². The topological polar surface area (TPSA) is 43.4 Å². The summed E-state index contributed by atoms with van der Waals surface area (Å²) in [6.07, 6.45) is 3.52. The van der Waals surface area contributed by atoms with Crippen molar-refractivity contribution in [1.29, 1.82) is 0 Å². The Balaban J connectivity index is 2.45. The minimum Gasteiger partial charge on any atom is -0.497 e. The van der Waals surface area contributed by atoms with Gasteiger partial charge in [-0.25, -0.2) is 0 Å². The summed E-state index contributed by atoms with van der Waals surface area (Å²) in [6.45, 7) is 0. The van der Waals surface area contributed by atoms with Crippen LogP contribution in [-0.2, 0) is 0 Å². The number of hydrogen-bond donors (Lipinski definition) is 1. The van der Waals surface area contributed by atoms with E-state index in [2.05, 4.69) is 26.2 Å². The predicted octanol–water partition coefficient (Wildman–Crippen LogP) is 3.17. The van der Waals surface area contributed by atoms with Crippen molar-refractivity contribution in [3.05, 3.63) is 52.3 Å². The third-order valence-corrected chi connectivity index (χ3v) is 3.83. The highest BCUT2D eigenvalue weighted by Crippen LogP contribution is 2.32. The summed E-state index contributed by atoms with van der Waals surface area (Å²) in [4.78, 5) is 4.21. The van der Waals surface area contributed by atoms with E-state index in [-0.39, 0.29) is 6.04 Å². The second-order valence-corrected chi connectivity index (χ2v) is 5.12. The molecule has 0 spiro atoms. The molecule has 0 radical (unpaired) electrons. The van der Waals surface area contributed by atoms with Crippen LogP contribution in [0.25, 0.3) is 0 Å². The third kappa shape index (κ3) is 3.11. The number of benzene rings is 1. The Bertz CT molecular complexity index is 590. The van der Waals surface area contributed by atoms with Gasteiger partial charge in [0.1, 0.15) is 11.5 Å². The molecule has 1 unspecified atom stereocenters. The van der Waals surface area contributed by atoms with Crippen molar-refractivity contribution in [3.63, 3.8) is 0 Å². The van der Waals surface area contributed by atoms with Crippen LogP contribution in [0.1, 0.15) is 17.2 Å². The highest BCUT2D eigenvalue weighted by molar-refractivity contribution is 9.10. The van der Waals surface area contributed by atoms with Crippen LogP contribution in [0.2, 0.25) is 0 Å². The minimum absolute atomic E-state index is 0.00192. The number of nitrogens with one attached hydrogen (secondary N) is 1. The molecule has 0 aliphatic heterocycles. The van der Waals surface area contributed by atoms with E-state index in [0.717, 1.165) is 27.1 Å². The molecule has 5 heteroatoms. The lowest BCUT2D eigenvalue weighted by Gasteiger charge is -2.19. The lowest BCUT2D eigenvalue weighted by molar-refractivity contribution is 0.411.